The van der Waals surface area contributed by atoms with E-state index < -0.39 is 6.04 Å². The van der Waals surface area contributed by atoms with Crippen LogP contribution in [0.15, 0.2) is 53.4 Å². The number of anilines is 1. The maximum atomic E-state index is 12.7. The van der Waals surface area contributed by atoms with Crippen molar-refractivity contribution in [1.82, 2.24) is 10.2 Å². The number of ether oxygens (including phenoxy) is 1. The molecule has 0 saturated carbocycles. The lowest BCUT2D eigenvalue weighted by molar-refractivity contribution is -0.120. The van der Waals surface area contributed by atoms with Gasteiger partial charge in [0.05, 0.1) is 25.3 Å². The van der Waals surface area contributed by atoms with E-state index in [9.17, 15) is 14.4 Å². The first-order chi connectivity index (χ1) is 13.8. The Morgan fingerprint density at radius 3 is 2.31 bits per heavy atom. The van der Waals surface area contributed by atoms with E-state index >= 15 is 0 Å². The molecule has 2 aromatic carbocycles. The van der Waals surface area contributed by atoms with Gasteiger partial charge in [0.1, 0.15) is 5.75 Å². The molecule has 2 N–H and O–H groups in total. The normalized spacial score (nSPS) is 11.3. The van der Waals surface area contributed by atoms with E-state index in [1.165, 1.54) is 11.8 Å². The number of benzene rings is 2. The fraction of sp³-hybridized carbons (Fsp3) is 0.286. The van der Waals surface area contributed by atoms with Crippen molar-refractivity contribution in [3.05, 3.63) is 54.1 Å². The molecule has 0 fully saturated rings. The molecule has 0 aliphatic heterocycles. The molecule has 2 rings (SSSR count). The Labute approximate surface area is 174 Å². The Morgan fingerprint density at radius 2 is 1.72 bits per heavy atom. The maximum absolute atomic E-state index is 12.7. The van der Waals surface area contributed by atoms with Gasteiger partial charge in [-0.3, -0.25) is 14.4 Å². The molecule has 0 heterocycles. The second-order valence-corrected chi connectivity index (χ2v) is 7.53. The van der Waals surface area contributed by atoms with E-state index in [0.29, 0.717) is 16.3 Å². The Bertz CT molecular complexity index is 868. The molecule has 154 valence electrons. The van der Waals surface area contributed by atoms with Crippen LogP contribution in [-0.4, -0.2) is 43.2 Å². The van der Waals surface area contributed by atoms with E-state index in [1.807, 2.05) is 12.1 Å². The summed E-state index contributed by atoms with van der Waals surface area (Å²) in [5.41, 5.74) is 1.34. The molecule has 0 spiro atoms. The van der Waals surface area contributed by atoms with Gasteiger partial charge in [0.2, 0.25) is 11.8 Å². The van der Waals surface area contributed by atoms with Crippen LogP contribution in [0.25, 0.3) is 0 Å². The van der Waals surface area contributed by atoms with Crippen LogP contribution < -0.4 is 15.4 Å². The SMILES string of the molecule is COc1ccc(C(CC(=O)Nc2ccccc2SC(=O)N(C)C)NC(C)=O)cc1. The summed E-state index contributed by atoms with van der Waals surface area (Å²) in [5.74, 6) is 0.187. The zero-order valence-corrected chi connectivity index (χ0v) is 17.7. The van der Waals surface area contributed by atoms with Gasteiger partial charge in [0.15, 0.2) is 0 Å². The van der Waals surface area contributed by atoms with Crippen molar-refractivity contribution in [2.75, 3.05) is 26.5 Å². The smallest absolute Gasteiger partial charge is 0.286 e. The predicted octanol–water partition coefficient (Wildman–Crippen LogP) is 3.67. The van der Waals surface area contributed by atoms with Crippen molar-refractivity contribution in [1.29, 1.82) is 0 Å². The van der Waals surface area contributed by atoms with E-state index in [-0.39, 0.29) is 23.5 Å². The van der Waals surface area contributed by atoms with Gasteiger partial charge in [-0.1, -0.05) is 24.3 Å². The molecular weight excluding hydrogens is 390 g/mol. The average molecular weight is 416 g/mol. The molecule has 0 bridgehead atoms. The molecule has 29 heavy (non-hydrogen) atoms. The number of para-hydroxylation sites is 1. The van der Waals surface area contributed by atoms with Crippen LogP contribution in [0, 0.1) is 0 Å². The molecule has 7 nitrogen and oxygen atoms in total. The zero-order valence-electron chi connectivity index (χ0n) is 16.9. The monoisotopic (exact) mass is 415 g/mol. The van der Waals surface area contributed by atoms with Gasteiger partial charge in [-0.15, -0.1) is 0 Å². The second-order valence-electron chi connectivity index (χ2n) is 6.54. The van der Waals surface area contributed by atoms with Crippen molar-refractivity contribution < 1.29 is 19.1 Å². The number of amides is 3. The van der Waals surface area contributed by atoms with Crippen molar-refractivity contribution in [2.45, 2.75) is 24.3 Å². The van der Waals surface area contributed by atoms with Crippen LogP contribution in [-0.2, 0) is 9.59 Å². The van der Waals surface area contributed by atoms with Gasteiger partial charge in [0, 0.05) is 25.9 Å². The molecule has 1 atom stereocenters. The first kappa shape index (κ1) is 22.3. The number of nitrogens with zero attached hydrogens (tertiary/aromatic N) is 1. The summed E-state index contributed by atoms with van der Waals surface area (Å²) in [6.45, 7) is 1.41. The van der Waals surface area contributed by atoms with Gasteiger partial charge >= 0.3 is 0 Å². The topological polar surface area (TPSA) is 87.7 Å². The highest BCUT2D eigenvalue weighted by Gasteiger charge is 2.19. The van der Waals surface area contributed by atoms with E-state index in [4.69, 9.17) is 4.74 Å². The highest BCUT2D eigenvalue weighted by atomic mass is 32.2. The first-order valence-electron chi connectivity index (χ1n) is 8.99. The third-order valence-corrected chi connectivity index (χ3v) is 5.12. The van der Waals surface area contributed by atoms with Crippen LogP contribution in [0.3, 0.4) is 0 Å². The van der Waals surface area contributed by atoms with Gasteiger partial charge in [-0.05, 0) is 41.6 Å². The van der Waals surface area contributed by atoms with Crippen molar-refractivity contribution in [3.8, 4) is 5.75 Å². The third kappa shape index (κ3) is 6.83. The van der Waals surface area contributed by atoms with Crippen LogP contribution in [0.4, 0.5) is 10.5 Å². The predicted molar refractivity (Wildman–Crippen MR) is 114 cm³/mol. The summed E-state index contributed by atoms with van der Waals surface area (Å²) >= 11 is 1.04. The van der Waals surface area contributed by atoms with E-state index in [1.54, 1.807) is 57.6 Å². The number of thioether (sulfide) groups is 1. The summed E-state index contributed by atoms with van der Waals surface area (Å²) in [4.78, 5) is 38.4. The molecule has 0 radical (unpaired) electrons. The molecule has 8 heteroatoms. The quantitative estimate of drug-likeness (QED) is 0.674. The molecule has 0 aliphatic carbocycles. The fourth-order valence-corrected chi connectivity index (χ4v) is 3.31. The minimum atomic E-state index is -0.485. The standard InChI is InChI=1S/C21H25N3O4S/c1-14(25)22-18(15-9-11-16(28-4)12-10-15)13-20(26)23-17-7-5-6-8-19(17)29-21(27)24(2)3/h5-12,18H,13H2,1-4H3,(H,22,25)(H,23,26). The summed E-state index contributed by atoms with van der Waals surface area (Å²) < 4.78 is 5.15. The Balaban J connectivity index is 2.14. The number of methoxy groups -OCH3 is 1. The third-order valence-electron chi connectivity index (χ3n) is 4.01. The number of carbonyl (C=O) groups is 3. The highest BCUT2D eigenvalue weighted by molar-refractivity contribution is 8.13. The van der Waals surface area contributed by atoms with Crippen LogP contribution >= 0.6 is 11.8 Å². The summed E-state index contributed by atoms with van der Waals surface area (Å²) in [6.07, 6.45) is 0.0482. The van der Waals surface area contributed by atoms with Crippen molar-refractivity contribution >= 4 is 34.5 Å². The number of nitrogens with one attached hydrogen (secondary N) is 2. The van der Waals surface area contributed by atoms with Gasteiger partial charge in [0.25, 0.3) is 5.24 Å². The average Bonchev–Trinajstić information content (AvgIpc) is 2.68. The highest BCUT2D eigenvalue weighted by Crippen LogP contribution is 2.29. The lowest BCUT2D eigenvalue weighted by Gasteiger charge is -2.19. The van der Waals surface area contributed by atoms with Gasteiger partial charge < -0.3 is 20.3 Å². The lowest BCUT2D eigenvalue weighted by Crippen LogP contribution is -2.29. The van der Waals surface area contributed by atoms with Crippen molar-refractivity contribution in [3.63, 3.8) is 0 Å². The largest absolute Gasteiger partial charge is 0.497 e. The van der Waals surface area contributed by atoms with Crippen LogP contribution in [0.5, 0.6) is 5.75 Å². The summed E-state index contributed by atoms with van der Waals surface area (Å²) in [7, 11) is 4.91. The summed E-state index contributed by atoms with van der Waals surface area (Å²) in [5, 5.41) is 5.51. The minimum absolute atomic E-state index is 0.0482. The lowest BCUT2D eigenvalue weighted by atomic mass is 10.0. The Kier molecular flexibility index (Phi) is 8.09. The molecule has 0 aliphatic rings. The first-order valence-corrected chi connectivity index (χ1v) is 9.81. The van der Waals surface area contributed by atoms with Crippen molar-refractivity contribution in [2.24, 2.45) is 0 Å². The minimum Gasteiger partial charge on any atom is -0.497 e. The summed E-state index contributed by atoms with van der Waals surface area (Å²) in [6, 6.07) is 13.8. The molecule has 2 aromatic rings. The van der Waals surface area contributed by atoms with Gasteiger partial charge in [-0.25, -0.2) is 0 Å². The maximum Gasteiger partial charge on any atom is 0.286 e. The Hall–Kier alpha value is -3.00. The molecule has 1 unspecified atom stereocenters. The number of hydrogen-bond donors (Lipinski definition) is 2. The molecule has 0 aromatic heterocycles. The van der Waals surface area contributed by atoms with Gasteiger partial charge in [-0.2, -0.15) is 0 Å². The number of carbonyl (C=O) groups excluding carboxylic acids is 3. The van der Waals surface area contributed by atoms with Crippen LogP contribution in [0.2, 0.25) is 0 Å². The van der Waals surface area contributed by atoms with Crippen LogP contribution in [0.1, 0.15) is 24.9 Å². The fourth-order valence-electron chi connectivity index (χ4n) is 2.56. The zero-order chi connectivity index (χ0) is 21.4. The molecule has 0 saturated heterocycles. The molecule has 3 amide bonds. The van der Waals surface area contributed by atoms with E-state index in [0.717, 1.165) is 17.3 Å². The van der Waals surface area contributed by atoms with E-state index in [2.05, 4.69) is 10.6 Å². The second kappa shape index (κ2) is 10.5. The molecular formula is C21H25N3O4S. The Morgan fingerprint density at radius 1 is 1.07 bits per heavy atom. The number of hydrogen-bond acceptors (Lipinski definition) is 5. The number of rotatable bonds is 7.